The topological polar surface area (TPSA) is 67.9 Å². The van der Waals surface area contributed by atoms with Crippen LogP contribution in [0.5, 0.6) is 5.75 Å². The van der Waals surface area contributed by atoms with Crippen molar-refractivity contribution in [1.29, 1.82) is 5.26 Å². The molecule has 5 rings (SSSR count). The monoisotopic (exact) mass is 503 g/mol. The van der Waals surface area contributed by atoms with E-state index >= 15 is 0 Å². The van der Waals surface area contributed by atoms with Gasteiger partial charge < -0.3 is 9.30 Å². The number of aryl methyl sites for hydroxylation is 2. The van der Waals surface area contributed by atoms with E-state index in [0.29, 0.717) is 17.7 Å². The van der Waals surface area contributed by atoms with Gasteiger partial charge in [0.15, 0.2) is 0 Å². The lowest BCUT2D eigenvalue weighted by Gasteiger charge is -2.32. The zero-order valence-electron chi connectivity index (χ0n) is 22.5. The smallest absolute Gasteiger partial charge is 0.281 e. The van der Waals surface area contributed by atoms with Crippen molar-refractivity contribution < 1.29 is 4.74 Å². The third kappa shape index (κ3) is 4.99. The van der Waals surface area contributed by atoms with E-state index in [0.717, 1.165) is 70.8 Å². The minimum absolute atomic E-state index is 0.174. The van der Waals surface area contributed by atoms with Crippen LogP contribution in [0.2, 0.25) is 0 Å². The Morgan fingerprint density at radius 1 is 1.05 bits per heavy atom. The number of hydrogen-bond acceptors (Lipinski definition) is 4. The van der Waals surface area contributed by atoms with E-state index in [2.05, 4.69) is 66.7 Å². The number of rotatable bonds is 6. The minimum atomic E-state index is -0.178. The average Bonchev–Trinajstić information content (AvgIpc) is 2.91. The quantitative estimate of drug-likeness (QED) is 0.288. The van der Waals surface area contributed by atoms with Crippen molar-refractivity contribution in [3.63, 3.8) is 0 Å². The Morgan fingerprint density at radius 2 is 1.79 bits per heavy atom. The third-order valence-electron chi connectivity index (χ3n) is 7.38. The van der Waals surface area contributed by atoms with Crippen molar-refractivity contribution in [1.82, 2.24) is 9.55 Å². The molecule has 192 valence electrons. The number of nitrogens with zero attached hydrogens (tertiary/aromatic N) is 3. The van der Waals surface area contributed by atoms with Gasteiger partial charge in [0.25, 0.3) is 5.56 Å². The van der Waals surface area contributed by atoms with Crippen LogP contribution in [0, 0.1) is 18.3 Å². The normalized spacial score (nSPS) is 13.9. The highest BCUT2D eigenvalue weighted by Crippen LogP contribution is 2.36. The van der Waals surface area contributed by atoms with Gasteiger partial charge in [-0.05, 0) is 86.1 Å². The highest BCUT2D eigenvalue weighted by Gasteiger charge is 2.27. The molecule has 5 nitrogen and oxygen atoms in total. The molecule has 0 spiro atoms. The lowest BCUT2D eigenvalue weighted by Crippen LogP contribution is -2.32. The molecule has 3 aromatic carbocycles. The predicted octanol–water partition coefficient (Wildman–Crippen LogP) is 6.86. The van der Waals surface area contributed by atoms with Gasteiger partial charge in [-0.2, -0.15) is 10.2 Å². The summed E-state index contributed by atoms with van der Waals surface area (Å²) in [5.41, 5.74) is 6.96. The molecule has 1 aromatic heterocycles. The summed E-state index contributed by atoms with van der Waals surface area (Å²) in [6.45, 7) is 8.96. The molecule has 0 aliphatic carbocycles. The summed E-state index contributed by atoms with van der Waals surface area (Å²) in [6, 6.07) is 24.3. The summed E-state index contributed by atoms with van der Waals surface area (Å²) in [6.07, 6.45) is 3.50. The van der Waals surface area contributed by atoms with Gasteiger partial charge in [-0.3, -0.25) is 4.79 Å². The summed E-state index contributed by atoms with van der Waals surface area (Å²) >= 11 is 0. The molecule has 0 amide bonds. The summed E-state index contributed by atoms with van der Waals surface area (Å²) < 4.78 is 8.34. The van der Waals surface area contributed by atoms with Gasteiger partial charge in [-0.25, -0.2) is 0 Å². The van der Waals surface area contributed by atoms with Gasteiger partial charge in [0.2, 0.25) is 0 Å². The summed E-state index contributed by atoms with van der Waals surface area (Å²) in [5, 5.41) is 9.48. The molecule has 0 atom stereocenters. The highest BCUT2D eigenvalue weighted by molar-refractivity contribution is 5.71. The van der Waals surface area contributed by atoms with Crippen LogP contribution >= 0.6 is 0 Å². The molecule has 0 N–H and O–H groups in total. The highest BCUT2D eigenvalue weighted by atomic mass is 16.5. The molecule has 0 saturated heterocycles. The Labute approximate surface area is 224 Å². The maximum Gasteiger partial charge on any atom is 0.281 e. The van der Waals surface area contributed by atoms with E-state index in [9.17, 15) is 10.1 Å². The third-order valence-corrected chi connectivity index (χ3v) is 7.38. The first-order valence-electron chi connectivity index (χ1n) is 13.3. The fourth-order valence-corrected chi connectivity index (χ4v) is 5.29. The zero-order chi connectivity index (χ0) is 26.9. The molecule has 1 aliphatic heterocycles. The van der Waals surface area contributed by atoms with Crippen molar-refractivity contribution in [3.05, 3.63) is 105 Å². The van der Waals surface area contributed by atoms with Crippen molar-refractivity contribution in [2.75, 3.05) is 0 Å². The second-order valence-electron chi connectivity index (χ2n) is 10.7. The molecule has 1 aliphatic rings. The lowest BCUT2D eigenvalue weighted by molar-refractivity contribution is 0.0847. The Bertz CT molecular complexity index is 1590. The van der Waals surface area contributed by atoms with Gasteiger partial charge in [0.1, 0.15) is 17.2 Å². The fourth-order valence-electron chi connectivity index (χ4n) is 5.29. The first kappa shape index (κ1) is 25.5. The second-order valence-corrected chi connectivity index (χ2v) is 10.7. The van der Waals surface area contributed by atoms with Gasteiger partial charge >= 0.3 is 0 Å². The number of hydrogen-bond donors (Lipinski definition) is 0. The summed E-state index contributed by atoms with van der Waals surface area (Å²) in [7, 11) is 0. The van der Waals surface area contributed by atoms with Gasteiger partial charge in [0.05, 0.1) is 17.2 Å². The molecule has 2 heterocycles. The Balaban J connectivity index is 1.52. The second kappa shape index (κ2) is 10.3. The molecule has 0 unspecified atom stereocenters. The molecular weight excluding hydrogens is 470 g/mol. The molecule has 0 saturated carbocycles. The fraction of sp³-hybridized carbons (Fsp3) is 0.303. The van der Waals surface area contributed by atoms with Crippen molar-refractivity contribution in [2.24, 2.45) is 0 Å². The van der Waals surface area contributed by atoms with Crippen LogP contribution in [0.4, 0.5) is 0 Å². The number of aromatic nitrogens is 2. The van der Waals surface area contributed by atoms with E-state index < -0.39 is 0 Å². The summed E-state index contributed by atoms with van der Waals surface area (Å²) in [4.78, 5) is 17.9. The summed E-state index contributed by atoms with van der Waals surface area (Å²) in [5.74, 6) is 1.71. The molecule has 0 radical (unpaired) electrons. The SMILES string of the molecule is CCCc1nc(=O)c(-c2ccc3c(c2)CCC(C)(C)O3)c(C)n1Cc1ccc(-c2ccccc2C#N)cc1. The molecule has 4 aromatic rings. The zero-order valence-corrected chi connectivity index (χ0v) is 22.5. The molecule has 0 bridgehead atoms. The van der Waals surface area contributed by atoms with Crippen LogP contribution < -0.4 is 10.3 Å². The van der Waals surface area contributed by atoms with E-state index in [4.69, 9.17) is 4.74 Å². The lowest BCUT2D eigenvalue weighted by atomic mass is 9.92. The van der Waals surface area contributed by atoms with E-state index in [1.165, 1.54) is 0 Å². The molecule has 0 fully saturated rings. The van der Waals surface area contributed by atoms with Crippen LogP contribution in [-0.2, 0) is 19.4 Å². The predicted molar refractivity (Wildman–Crippen MR) is 151 cm³/mol. The van der Waals surface area contributed by atoms with Crippen LogP contribution in [0.15, 0.2) is 71.5 Å². The first-order chi connectivity index (χ1) is 18.3. The van der Waals surface area contributed by atoms with Gasteiger partial charge in [0, 0.05) is 18.7 Å². The van der Waals surface area contributed by atoms with Crippen LogP contribution in [0.25, 0.3) is 22.3 Å². The number of benzene rings is 3. The molecular formula is C33H33N3O2. The van der Waals surface area contributed by atoms with E-state index in [1.807, 2.05) is 43.3 Å². The van der Waals surface area contributed by atoms with E-state index in [-0.39, 0.29) is 11.2 Å². The van der Waals surface area contributed by atoms with Crippen LogP contribution in [-0.4, -0.2) is 15.2 Å². The maximum atomic E-state index is 13.3. The van der Waals surface area contributed by atoms with Crippen molar-refractivity contribution in [3.8, 4) is 34.1 Å². The first-order valence-corrected chi connectivity index (χ1v) is 13.3. The average molecular weight is 504 g/mol. The largest absolute Gasteiger partial charge is 0.488 e. The Hall–Kier alpha value is -4.17. The number of nitriles is 1. The van der Waals surface area contributed by atoms with Crippen molar-refractivity contribution in [2.45, 2.75) is 65.5 Å². The number of fused-ring (bicyclic) bond motifs is 1. The molecule has 38 heavy (non-hydrogen) atoms. The maximum absolute atomic E-state index is 13.3. The number of ether oxygens (including phenoxy) is 1. The minimum Gasteiger partial charge on any atom is -0.488 e. The van der Waals surface area contributed by atoms with Crippen molar-refractivity contribution >= 4 is 0 Å². The standard InChI is InChI=1S/C33H33N3O2/c1-5-8-30-35-32(37)31(26-15-16-29-25(19-26)17-18-33(3,4)38-29)22(2)36(30)21-23-11-13-24(14-12-23)28-10-7-6-9-27(28)20-34/h6-7,9-16,19H,5,8,17-18,21H2,1-4H3. The Kier molecular flexibility index (Phi) is 6.91. The van der Waals surface area contributed by atoms with Crippen LogP contribution in [0.1, 0.15) is 61.8 Å². The van der Waals surface area contributed by atoms with Gasteiger partial charge in [-0.15, -0.1) is 0 Å². The van der Waals surface area contributed by atoms with Crippen LogP contribution in [0.3, 0.4) is 0 Å². The Morgan fingerprint density at radius 3 is 2.53 bits per heavy atom. The molecule has 5 heteroatoms. The van der Waals surface area contributed by atoms with E-state index in [1.54, 1.807) is 0 Å². The van der Waals surface area contributed by atoms with Gasteiger partial charge in [-0.1, -0.05) is 55.5 Å².